The second-order valence-electron chi connectivity index (χ2n) is 5.09. The third-order valence-corrected chi connectivity index (χ3v) is 4.88. The molecule has 0 unspecified atom stereocenters. The number of aromatic nitrogens is 1. The number of fused-ring (bicyclic) bond motifs is 1. The summed E-state index contributed by atoms with van der Waals surface area (Å²) >= 11 is 7.59. The first kappa shape index (κ1) is 17.5. The molecule has 25 heavy (non-hydrogen) atoms. The molecule has 0 saturated carbocycles. The van der Waals surface area contributed by atoms with Gasteiger partial charge in [0.2, 0.25) is 0 Å². The lowest BCUT2D eigenvalue weighted by atomic mass is 10.1. The smallest absolute Gasteiger partial charge is 0.257 e. The minimum atomic E-state index is -0.372. The second-order valence-corrected chi connectivity index (χ2v) is 6.61. The largest absolute Gasteiger partial charge is 0.493 e. The summed E-state index contributed by atoms with van der Waals surface area (Å²) < 4.78 is 11.3. The Morgan fingerprint density at radius 3 is 2.64 bits per heavy atom. The molecule has 1 heterocycles. The normalized spacial score (nSPS) is 10.7. The highest BCUT2D eigenvalue weighted by Gasteiger charge is 2.16. The monoisotopic (exact) mass is 378 g/mol. The number of nitrogens with one attached hydrogen (secondary N) is 1. The van der Waals surface area contributed by atoms with Crippen molar-refractivity contribution in [2.75, 3.05) is 19.5 Å². The van der Waals surface area contributed by atoms with Crippen LogP contribution in [-0.4, -0.2) is 30.2 Å². The Hall–Kier alpha value is -2.35. The maximum atomic E-state index is 12.6. The molecule has 3 aromatic rings. The molecule has 6 nitrogen and oxygen atoms in total. The number of rotatable bonds is 5. The van der Waals surface area contributed by atoms with Gasteiger partial charge in [-0.15, -0.1) is 11.3 Å². The molecule has 130 valence electrons. The van der Waals surface area contributed by atoms with E-state index >= 15 is 0 Å². The minimum absolute atomic E-state index is 0.109. The number of ether oxygens (including phenoxy) is 2. The molecule has 0 saturated heterocycles. The second kappa shape index (κ2) is 7.26. The SMILES string of the molecule is COc1cc(Cl)c(C(=O)Nc2ccc3sc(CO)nc3c2)cc1OC. The molecule has 1 aromatic heterocycles. The number of thiazole rings is 1. The minimum Gasteiger partial charge on any atom is -0.493 e. The molecular weight excluding hydrogens is 364 g/mol. The number of aliphatic hydroxyl groups is 1. The zero-order chi connectivity index (χ0) is 18.0. The van der Waals surface area contributed by atoms with Crippen molar-refractivity contribution in [3.63, 3.8) is 0 Å². The Labute approximate surface area is 153 Å². The summed E-state index contributed by atoms with van der Waals surface area (Å²) in [5.74, 6) is 0.493. The van der Waals surface area contributed by atoms with E-state index in [1.807, 2.05) is 6.07 Å². The summed E-state index contributed by atoms with van der Waals surface area (Å²) in [6.07, 6.45) is 0. The number of hydrogen-bond donors (Lipinski definition) is 2. The van der Waals surface area contributed by atoms with Gasteiger partial charge >= 0.3 is 0 Å². The van der Waals surface area contributed by atoms with Crippen LogP contribution in [0.5, 0.6) is 11.5 Å². The first-order valence-corrected chi connectivity index (χ1v) is 8.48. The van der Waals surface area contributed by atoms with Crippen LogP contribution < -0.4 is 14.8 Å². The fourth-order valence-electron chi connectivity index (χ4n) is 2.35. The molecule has 0 aliphatic heterocycles. The number of anilines is 1. The molecule has 0 radical (unpaired) electrons. The average Bonchev–Trinajstić information content (AvgIpc) is 3.03. The molecule has 8 heteroatoms. The lowest BCUT2D eigenvalue weighted by Gasteiger charge is -2.12. The summed E-state index contributed by atoms with van der Waals surface area (Å²) in [5, 5.41) is 12.8. The molecule has 0 atom stereocenters. The first-order valence-electron chi connectivity index (χ1n) is 7.29. The lowest BCUT2D eigenvalue weighted by Crippen LogP contribution is -2.12. The Morgan fingerprint density at radius 1 is 1.24 bits per heavy atom. The number of benzene rings is 2. The Morgan fingerprint density at radius 2 is 1.96 bits per heavy atom. The van der Waals surface area contributed by atoms with Gasteiger partial charge in [-0.2, -0.15) is 0 Å². The van der Waals surface area contributed by atoms with Gasteiger partial charge in [-0.25, -0.2) is 4.98 Å². The van der Waals surface area contributed by atoms with Crippen molar-refractivity contribution in [2.24, 2.45) is 0 Å². The van der Waals surface area contributed by atoms with Crippen molar-refractivity contribution in [2.45, 2.75) is 6.61 Å². The molecule has 0 fully saturated rings. The van der Waals surface area contributed by atoms with Gasteiger partial charge < -0.3 is 19.9 Å². The maximum absolute atomic E-state index is 12.6. The number of carbonyl (C=O) groups is 1. The van der Waals surface area contributed by atoms with E-state index in [2.05, 4.69) is 10.3 Å². The Kier molecular flexibility index (Phi) is 5.08. The van der Waals surface area contributed by atoms with E-state index in [0.29, 0.717) is 27.7 Å². The third kappa shape index (κ3) is 3.53. The van der Waals surface area contributed by atoms with Gasteiger partial charge in [-0.1, -0.05) is 11.6 Å². The highest BCUT2D eigenvalue weighted by atomic mass is 35.5. The van der Waals surface area contributed by atoms with Crippen molar-refractivity contribution < 1.29 is 19.4 Å². The first-order chi connectivity index (χ1) is 12.0. The standard InChI is InChI=1S/C17H15ClN2O4S/c1-23-13-6-10(11(18)7-14(13)24-2)17(22)19-9-3-4-15-12(5-9)20-16(8-21)25-15/h3-7,21H,8H2,1-2H3,(H,19,22). The van der Waals surface area contributed by atoms with Gasteiger partial charge in [0, 0.05) is 11.8 Å². The molecule has 0 aliphatic rings. The van der Waals surface area contributed by atoms with Gasteiger partial charge in [0.25, 0.3) is 5.91 Å². The predicted octanol–water partition coefficient (Wildman–Crippen LogP) is 3.71. The van der Waals surface area contributed by atoms with Crippen molar-refractivity contribution >= 4 is 44.7 Å². The maximum Gasteiger partial charge on any atom is 0.257 e. The van der Waals surface area contributed by atoms with Crippen LogP contribution in [0.25, 0.3) is 10.2 Å². The lowest BCUT2D eigenvalue weighted by molar-refractivity contribution is 0.102. The van der Waals surface area contributed by atoms with Crippen LogP contribution in [0, 0.1) is 0 Å². The Balaban J connectivity index is 1.89. The number of methoxy groups -OCH3 is 2. The summed E-state index contributed by atoms with van der Waals surface area (Å²) in [7, 11) is 2.99. The predicted molar refractivity (Wildman–Crippen MR) is 98.1 cm³/mol. The van der Waals surface area contributed by atoms with E-state index in [1.165, 1.54) is 37.7 Å². The van der Waals surface area contributed by atoms with Gasteiger partial charge in [-0.05, 0) is 24.3 Å². The summed E-state index contributed by atoms with van der Waals surface area (Å²) in [5.41, 5.74) is 1.57. The van der Waals surface area contributed by atoms with Crippen molar-refractivity contribution in [3.05, 3.63) is 45.9 Å². The fourth-order valence-corrected chi connectivity index (χ4v) is 3.39. The molecule has 0 bridgehead atoms. The zero-order valence-corrected chi connectivity index (χ0v) is 15.1. The Bertz CT molecular complexity index is 942. The summed E-state index contributed by atoms with van der Waals surface area (Å²) in [6, 6.07) is 8.43. The van der Waals surface area contributed by atoms with E-state index in [9.17, 15) is 4.79 Å². The molecule has 2 N–H and O–H groups in total. The van der Waals surface area contributed by atoms with E-state index in [-0.39, 0.29) is 23.1 Å². The van der Waals surface area contributed by atoms with Gasteiger partial charge in [-0.3, -0.25) is 4.79 Å². The van der Waals surface area contributed by atoms with Crippen LogP contribution in [0.3, 0.4) is 0 Å². The quantitative estimate of drug-likeness (QED) is 0.707. The van der Waals surface area contributed by atoms with Crippen molar-refractivity contribution in [3.8, 4) is 11.5 Å². The highest BCUT2D eigenvalue weighted by molar-refractivity contribution is 7.18. The number of amides is 1. The molecule has 0 spiro atoms. The van der Waals surface area contributed by atoms with E-state index < -0.39 is 0 Å². The third-order valence-electron chi connectivity index (χ3n) is 3.54. The van der Waals surface area contributed by atoms with Crippen molar-refractivity contribution in [1.82, 2.24) is 4.98 Å². The fraction of sp³-hybridized carbons (Fsp3) is 0.176. The van der Waals surface area contributed by atoms with Crippen LogP contribution in [0.1, 0.15) is 15.4 Å². The number of carbonyl (C=O) groups excluding carboxylic acids is 1. The van der Waals surface area contributed by atoms with E-state index in [1.54, 1.807) is 12.1 Å². The zero-order valence-electron chi connectivity index (χ0n) is 13.5. The number of aliphatic hydroxyl groups excluding tert-OH is 1. The van der Waals surface area contributed by atoms with E-state index in [0.717, 1.165) is 4.70 Å². The average molecular weight is 379 g/mol. The van der Waals surface area contributed by atoms with Gasteiger partial charge in [0.05, 0.1) is 41.6 Å². The van der Waals surface area contributed by atoms with Crippen LogP contribution in [0.15, 0.2) is 30.3 Å². The topological polar surface area (TPSA) is 80.7 Å². The van der Waals surface area contributed by atoms with Crippen LogP contribution in [0.4, 0.5) is 5.69 Å². The highest BCUT2D eigenvalue weighted by Crippen LogP contribution is 2.33. The molecule has 3 rings (SSSR count). The number of hydrogen-bond acceptors (Lipinski definition) is 6. The summed E-state index contributed by atoms with van der Waals surface area (Å²) in [6.45, 7) is -0.109. The summed E-state index contributed by atoms with van der Waals surface area (Å²) in [4.78, 5) is 16.8. The van der Waals surface area contributed by atoms with Crippen LogP contribution in [-0.2, 0) is 6.61 Å². The van der Waals surface area contributed by atoms with Crippen LogP contribution >= 0.6 is 22.9 Å². The number of halogens is 1. The molecular formula is C17H15ClN2O4S. The van der Waals surface area contributed by atoms with Gasteiger partial charge in [0.1, 0.15) is 5.01 Å². The van der Waals surface area contributed by atoms with Crippen LogP contribution in [0.2, 0.25) is 5.02 Å². The van der Waals surface area contributed by atoms with Gasteiger partial charge in [0.15, 0.2) is 11.5 Å². The molecule has 2 aromatic carbocycles. The van der Waals surface area contributed by atoms with Crippen molar-refractivity contribution in [1.29, 1.82) is 0 Å². The number of nitrogens with zero attached hydrogens (tertiary/aromatic N) is 1. The molecule has 1 amide bonds. The molecule has 0 aliphatic carbocycles. The van der Waals surface area contributed by atoms with E-state index in [4.69, 9.17) is 26.2 Å².